The number of carbonyl (C=O) groups is 1. The van der Waals surface area contributed by atoms with Gasteiger partial charge < -0.3 is 4.74 Å². The van der Waals surface area contributed by atoms with Gasteiger partial charge in [0.2, 0.25) is 0 Å². The Hall–Kier alpha value is -2.13. The molecule has 3 heteroatoms. The summed E-state index contributed by atoms with van der Waals surface area (Å²) in [6.45, 7) is 2.10. The van der Waals surface area contributed by atoms with E-state index in [1.807, 2.05) is 30.3 Å². The van der Waals surface area contributed by atoms with E-state index in [9.17, 15) is 4.79 Å². The van der Waals surface area contributed by atoms with Crippen molar-refractivity contribution < 1.29 is 9.53 Å². The van der Waals surface area contributed by atoms with Crippen LogP contribution in [0.3, 0.4) is 0 Å². The fourth-order valence-electron chi connectivity index (χ4n) is 4.62. The molecule has 3 nitrogen and oxygen atoms in total. The molecule has 0 saturated carbocycles. The predicted molar refractivity (Wildman–Crippen MR) is 98.7 cm³/mol. The molecule has 4 atom stereocenters. The van der Waals surface area contributed by atoms with Gasteiger partial charge in [0, 0.05) is 18.0 Å². The van der Waals surface area contributed by atoms with Crippen LogP contribution < -0.4 is 4.74 Å². The van der Waals surface area contributed by atoms with Crippen molar-refractivity contribution >= 4 is 5.97 Å². The van der Waals surface area contributed by atoms with Crippen LogP contribution in [0.2, 0.25) is 0 Å². The molecule has 2 bridgehead atoms. The van der Waals surface area contributed by atoms with Gasteiger partial charge in [-0.2, -0.15) is 0 Å². The first kappa shape index (κ1) is 16.3. The van der Waals surface area contributed by atoms with Gasteiger partial charge in [-0.3, -0.25) is 9.69 Å². The molecule has 0 aromatic heterocycles. The Morgan fingerprint density at radius 2 is 1.76 bits per heavy atom. The number of rotatable bonds is 3. The van der Waals surface area contributed by atoms with E-state index in [4.69, 9.17) is 4.74 Å². The van der Waals surface area contributed by atoms with Crippen molar-refractivity contribution in [2.24, 2.45) is 5.92 Å². The minimum Gasteiger partial charge on any atom is -0.426 e. The SMILES string of the molecule is Cc1ccc([C@H]2C[C@H]3CCC(C2C(=O)Oc2ccccc2)N3C)cc1. The third-order valence-corrected chi connectivity index (χ3v) is 6.01. The van der Waals surface area contributed by atoms with Crippen LogP contribution in [0.25, 0.3) is 0 Å². The molecule has 2 fully saturated rings. The zero-order valence-corrected chi connectivity index (χ0v) is 14.9. The molecule has 0 aliphatic carbocycles. The zero-order valence-electron chi connectivity index (χ0n) is 14.9. The second-order valence-electron chi connectivity index (χ2n) is 7.48. The molecule has 0 spiro atoms. The summed E-state index contributed by atoms with van der Waals surface area (Å²) in [6.07, 6.45) is 3.29. The molecule has 130 valence electrons. The van der Waals surface area contributed by atoms with E-state index in [0.717, 1.165) is 12.8 Å². The molecule has 2 aromatic rings. The smallest absolute Gasteiger partial charge is 0.316 e. The van der Waals surface area contributed by atoms with Crippen molar-refractivity contribution in [1.82, 2.24) is 4.90 Å². The number of fused-ring (bicyclic) bond motifs is 2. The number of nitrogens with zero attached hydrogens (tertiary/aromatic N) is 1. The van der Waals surface area contributed by atoms with E-state index < -0.39 is 0 Å². The fourth-order valence-corrected chi connectivity index (χ4v) is 4.62. The van der Waals surface area contributed by atoms with Crippen LogP contribution in [-0.2, 0) is 4.79 Å². The van der Waals surface area contributed by atoms with Crippen LogP contribution in [0.5, 0.6) is 5.75 Å². The molecule has 4 rings (SSSR count). The second kappa shape index (κ2) is 6.64. The summed E-state index contributed by atoms with van der Waals surface area (Å²) >= 11 is 0. The maximum Gasteiger partial charge on any atom is 0.316 e. The molecule has 2 heterocycles. The third kappa shape index (κ3) is 3.09. The van der Waals surface area contributed by atoms with E-state index in [1.54, 1.807) is 0 Å². The summed E-state index contributed by atoms with van der Waals surface area (Å²) in [5.41, 5.74) is 2.52. The highest BCUT2D eigenvalue weighted by molar-refractivity contribution is 5.77. The first-order valence-electron chi connectivity index (χ1n) is 9.19. The van der Waals surface area contributed by atoms with Gasteiger partial charge >= 0.3 is 5.97 Å². The summed E-state index contributed by atoms with van der Waals surface area (Å²) < 4.78 is 5.76. The van der Waals surface area contributed by atoms with Crippen LogP contribution in [0, 0.1) is 12.8 Å². The third-order valence-electron chi connectivity index (χ3n) is 6.01. The highest BCUT2D eigenvalue weighted by Crippen LogP contribution is 2.46. The molecule has 2 aromatic carbocycles. The van der Waals surface area contributed by atoms with Crippen LogP contribution in [0.4, 0.5) is 0 Å². The summed E-state index contributed by atoms with van der Waals surface area (Å²) in [5.74, 6) is 0.684. The normalized spacial score (nSPS) is 28.7. The first-order valence-corrected chi connectivity index (χ1v) is 9.19. The standard InChI is InChI=1S/C22H25NO2/c1-15-8-10-16(11-9-15)19-14-17-12-13-20(23(17)2)21(19)22(24)25-18-6-4-3-5-7-18/h3-11,17,19-21H,12-14H2,1-2H3/t17-,19-,20?,21?/m1/s1. The molecule has 0 N–H and O–H groups in total. The van der Waals surface area contributed by atoms with Crippen LogP contribution in [0.15, 0.2) is 54.6 Å². The van der Waals surface area contributed by atoms with E-state index in [2.05, 4.69) is 43.1 Å². The number of hydrogen-bond donors (Lipinski definition) is 0. The number of para-hydroxylation sites is 1. The molecule has 2 aliphatic rings. The maximum atomic E-state index is 13.1. The number of aryl methyl sites for hydroxylation is 1. The Bertz CT molecular complexity index is 740. The summed E-state index contributed by atoms with van der Waals surface area (Å²) in [7, 11) is 2.16. The molecule has 2 aliphatic heterocycles. The van der Waals surface area contributed by atoms with Gasteiger partial charge in [0.25, 0.3) is 0 Å². The molecular formula is C22H25NO2. The fraction of sp³-hybridized carbons (Fsp3) is 0.409. The van der Waals surface area contributed by atoms with E-state index in [1.165, 1.54) is 17.5 Å². The van der Waals surface area contributed by atoms with E-state index in [0.29, 0.717) is 11.8 Å². The lowest BCUT2D eigenvalue weighted by Gasteiger charge is -2.41. The van der Waals surface area contributed by atoms with Crippen molar-refractivity contribution in [2.45, 2.75) is 44.2 Å². The van der Waals surface area contributed by atoms with Crippen LogP contribution in [-0.4, -0.2) is 30.0 Å². The van der Waals surface area contributed by atoms with E-state index in [-0.39, 0.29) is 23.8 Å². The predicted octanol–water partition coefficient (Wildman–Crippen LogP) is 4.17. The zero-order chi connectivity index (χ0) is 17.4. The molecule has 2 unspecified atom stereocenters. The lowest BCUT2D eigenvalue weighted by Crippen LogP contribution is -2.49. The summed E-state index contributed by atoms with van der Waals surface area (Å²) in [6, 6.07) is 19.0. The number of benzene rings is 2. The first-order chi connectivity index (χ1) is 12.1. The average Bonchev–Trinajstić information content (AvgIpc) is 2.86. The lowest BCUT2D eigenvalue weighted by atomic mass is 9.76. The van der Waals surface area contributed by atoms with Crippen LogP contribution in [0.1, 0.15) is 36.3 Å². The minimum absolute atomic E-state index is 0.0889. The number of piperidine rings is 1. The molecular weight excluding hydrogens is 310 g/mol. The lowest BCUT2D eigenvalue weighted by molar-refractivity contribution is -0.143. The minimum atomic E-state index is -0.105. The summed E-state index contributed by atoms with van der Waals surface area (Å²) in [4.78, 5) is 15.5. The maximum absolute atomic E-state index is 13.1. The topological polar surface area (TPSA) is 29.5 Å². The molecule has 2 saturated heterocycles. The van der Waals surface area contributed by atoms with Gasteiger partial charge in [-0.15, -0.1) is 0 Å². The average molecular weight is 335 g/mol. The van der Waals surface area contributed by atoms with Crippen molar-refractivity contribution in [1.29, 1.82) is 0 Å². The summed E-state index contributed by atoms with van der Waals surface area (Å²) in [5, 5.41) is 0. The van der Waals surface area contributed by atoms with Gasteiger partial charge in [-0.1, -0.05) is 48.0 Å². The Morgan fingerprint density at radius 3 is 2.48 bits per heavy atom. The molecule has 0 amide bonds. The van der Waals surface area contributed by atoms with Crippen molar-refractivity contribution in [3.05, 3.63) is 65.7 Å². The Balaban J connectivity index is 1.64. The van der Waals surface area contributed by atoms with Gasteiger partial charge in [-0.25, -0.2) is 0 Å². The Morgan fingerprint density at radius 1 is 1.04 bits per heavy atom. The quantitative estimate of drug-likeness (QED) is 0.623. The largest absolute Gasteiger partial charge is 0.426 e. The van der Waals surface area contributed by atoms with Gasteiger partial charge in [0.15, 0.2) is 0 Å². The van der Waals surface area contributed by atoms with Gasteiger partial charge in [0.1, 0.15) is 5.75 Å². The number of esters is 1. The number of ether oxygens (including phenoxy) is 1. The second-order valence-corrected chi connectivity index (χ2v) is 7.48. The highest BCUT2D eigenvalue weighted by Gasteiger charge is 2.49. The highest BCUT2D eigenvalue weighted by atomic mass is 16.5. The van der Waals surface area contributed by atoms with Gasteiger partial charge in [-0.05, 0) is 50.9 Å². The number of carbonyl (C=O) groups excluding carboxylic acids is 1. The Labute approximate surface area is 149 Å². The molecule has 0 radical (unpaired) electrons. The monoisotopic (exact) mass is 335 g/mol. The van der Waals surface area contributed by atoms with Crippen molar-refractivity contribution in [3.63, 3.8) is 0 Å². The van der Waals surface area contributed by atoms with E-state index >= 15 is 0 Å². The van der Waals surface area contributed by atoms with Crippen molar-refractivity contribution in [3.8, 4) is 5.75 Å². The van der Waals surface area contributed by atoms with Gasteiger partial charge in [0.05, 0.1) is 5.92 Å². The van der Waals surface area contributed by atoms with Crippen LogP contribution >= 0.6 is 0 Å². The molecule has 25 heavy (non-hydrogen) atoms. The Kier molecular flexibility index (Phi) is 4.34. The van der Waals surface area contributed by atoms with Crippen molar-refractivity contribution in [2.75, 3.05) is 7.05 Å². The number of hydrogen-bond acceptors (Lipinski definition) is 3.